The molecule has 0 spiro atoms. The van der Waals surface area contributed by atoms with E-state index >= 15 is 0 Å². The first-order chi connectivity index (χ1) is 13.4. The molecule has 2 rings (SSSR count). The van der Waals surface area contributed by atoms with E-state index in [0.29, 0.717) is 22.6 Å². The van der Waals surface area contributed by atoms with Crippen LogP contribution in [0.2, 0.25) is 0 Å². The third-order valence-electron chi connectivity index (χ3n) is 3.78. The predicted octanol–water partition coefficient (Wildman–Crippen LogP) is 2.10. The van der Waals surface area contributed by atoms with E-state index in [4.69, 9.17) is 9.84 Å². The zero-order chi connectivity index (χ0) is 20.5. The second-order valence-electron chi connectivity index (χ2n) is 5.93. The summed E-state index contributed by atoms with van der Waals surface area (Å²) >= 11 is 0. The fourth-order valence-electron chi connectivity index (χ4n) is 2.24. The topological polar surface area (TPSA) is 122 Å². The maximum absolute atomic E-state index is 12.5. The number of hydrogen-bond acceptors (Lipinski definition) is 6. The summed E-state index contributed by atoms with van der Waals surface area (Å²) in [5, 5.41) is 10.8. The molecule has 1 atom stereocenters. The molecule has 0 heterocycles. The Bertz CT molecular complexity index is 899. The summed E-state index contributed by atoms with van der Waals surface area (Å²) in [6.07, 6.45) is 1.43. The molecule has 0 bridgehead atoms. The molecule has 0 saturated heterocycles. The number of aliphatic carboxylic acids is 1. The minimum Gasteiger partial charge on any atom is -0.493 e. The van der Waals surface area contributed by atoms with Gasteiger partial charge >= 0.3 is 5.97 Å². The highest BCUT2D eigenvalue weighted by molar-refractivity contribution is 6.09. The SMILES string of the molecule is CC(COc1ccc(C(=O)c2ccc(N=C=O)cc2)cc1)C(=O)NCC(=O)O. The van der Waals surface area contributed by atoms with Crippen molar-refractivity contribution in [1.29, 1.82) is 0 Å². The van der Waals surface area contributed by atoms with Crippen LogP contribution < -0.4 is 10.1 Å². The van der Waals surface area contributed by atoms with Gasteiger partial charge in [-0.3, -0.25) is 14.4 Å². The van der Waals surface area contributed by atoms with Crippen molar-refractivity contribution in [1.82, 2.24) is 5.32 Å². The highest BCUT2D eigenvalue weighted by Crippen LogP contribution is 2.18. The maximum atomic E-state index is 12.5. The van der Waals surface area contributed by atoms with Crippen LogP contribution in [0.1, 0.15) is 22.8 Å². The number of carbonyl (C=O) groups is 3. The lowest BCUT2D eigenvalue weighted by molar-refractivity contribution is -0.138. The molecule has 0 aromatic heterocycles. The smallest absolute Gasteiger partial charge is 0.322 e. The third kappa shape index (κ3) is 5.89. The lowest BCUT2D eigenvalue weighted by Gasteiger charge is -2.13. The number of ketones is 1. The fraction of sp³-hybridized carbons (Fsp3) is 0.200. The molecular formula is C20H18N2O6. The molecule has 0 saturated carbocycles. The fourth-order valence-corrected chi connectivity index (χ4v) is 2.24. The van der Waals surface area contributed by atoms with Crippen LogP contribution in [0.3, 0.4) is 0 Å². The number of rotatable bonds is 9. The van der Waals surface area contributed by atoms with Gasteiger partial charge in [0.05, 0.1) is 18.2 Å². The first kappa shape index (κ1) is 20.5. The van der Waals surface area contributed by atoms with Crippen molar-refractivity contribution in [3.8, 4) is 5.75 Å². The number of nitrogens with one attached hydrogen (secondary N) is 1. The normalized spacial score (nSPS) is 11.0. The Morgan fingerprint density at radius 2 is 1.64 bits per heavy atom. The number of hydrogen-bond donors (Lipinski definition) is 2. The Kier molecular flexibility index (Phi) is 7.19. The lowest BCUT2D eigenvalue weighted by Crippen LogP contribution is -2.35. The van der Waals surface area contributed by atoms with Crippen LogP contribution in [0.5, 0.6) is 5.75 Å². The minimum absolute atomic E-state index is 0.0669. The Hall–Kier alpha value is -3.77. The number of aliphatic imine (C=N–C) groups is 1. The average Bonchev–Trinajstić information content (AvgIpc) is 2.71. The monoisotopic (exact) mass is 382 g/mol. The van der Waals surface area contributed by atoms with E-state index in [1.807, 2.05) is 0 Å². The molecule has 28 heavy (non-hydrogen) atoms. The van der Waals surface area contributed by atoms with Crippen LogP contribution in [0.25, 0.3) is 0 Å². The van der Waals surface area contributed by atoms with E-state index in [9.17, 15) is 19.2 Å². The number of amides is 1. The third-order valence-corrected chi connectivity index (χ3v) is 3.78. The van der Waals surface area contributed by atoms with Gasteiger partial charge < -0.3 is 15.2 Å². The molecular weight excluding hydrogens is 364 g/mol. The van der Waals surface area contributed by atoms with Crippen molar-refractivity contribution in [2.75, 3.05) is 13.2 Å². The molecule has 8 heteroatoms. The minimum atomic E-state index is -1.12. The molecule has 144 valence electrons. The van der Waals surface area contributed by atoms with E-state index in [0.717, 1.165) is 0 Å². The largest absolute Gasteiger partial charge is 0.493 e. The van der Waals surface area contributed by atoms with Crippen molar-refractivity contribution >= 4 is 29.4 Å². The van der Waals surface area contributed by atoms with Crippen LogP contribution in [0.4, 0.5) is 5.69 Å². The number of carboxylic acid groups (broad SMARTS) is 1. The molecule has 2 aromatic rings. The number of ether oxygens (including phenoxy) is 1. The zero-order valence-electron chi connectivity index (χ0n) is 15.0. The molecule has 0 aliphatic carbocycles. The van der Waals surface area contributed by atoms with Crippen LogP contribution >= 0.6 is 0 Å². The van der Waals surface area contributed by atoms with Gasteiger partial charge in [-0.2, -0.15) is 4.99 Å². The quantitative estimate of drug-likeness (QED) is 0.389. The standard InChI is InChI=1S/C20H18N2O6/c1-13(20(27)21-10-18(24)25)11-28-17-8-4-15(5-9-17)19(26)14-2-6-16(7-3-14)22-12-23/h2-9,13H,10-11H2,1H3,(H,21,27)(H,24,25). The van der Waals surface area contributed by atoms with Crippen molar-refractivity contribution in [3.05, 3.63) is 59.7 Å². The first-order valence-corrected chi connectivity index (χ1v) is 8.35. The molecule has 0 aliphatic heterocycles. The summed E-state index contributed by atoms with van der Waals surface area (Å²) in [6.45, 7) is 1.24. The van der Waals surface area contributed by atoms with Crippen LogP contribution in [-0.2, 0) is 14.4 Å². The van der Waals surface area contributed by atoms with Crippen molar-refractivity contribution < 1.29 is 29.0 Å². The van der Waals surface area contributed by atoms with Gasteiger partial charge in [0.1, 0.15) is 12.3 Å². The van der Waals surface area contributed by atoms with E-state index < -0.39 is 24.3 Å². The Balaban J connectivity index is 1.93. The first-order valence-electron chi connectivity index (χ1n) is 8.35. The van der Waals surface area contributed by atoms with Crippen molar-refractivity contribution in [2.45, 2.75) is 6.92 Å². The summed E-state index contributed by atoms with van der Waals surface area (Å²) in [6, 6.07) is 12.7. The average molecular weight is 382 g/mol. The number of isocyanates is 1. The van der Waals surface area contributed by atoms with Gasteiger partial charge in [-0.05, 0) is 48.5 Å². The number of carboxylic acids is 1. The van der Waals surface area contributed by atoms with Crippen LogP contribution in [0, 0.1) is 5.92 Å². The van der Waals surface area contributed by atoms with E-state index in [2.05, 4.69) is 10.3 Å². The highest BCUT2D eigenvalue weighted by atomic mass is 16.5. The van der Waals surface area contributed by atoms with Gasteiger partial charge in [0.25, 0.3) is 0 Å². The second kappa shape index (κ2) is 9.80. The van der Waals surface area contributed by atoms with Gasteiger partial charge in [0.15, 0.2) is 5.78 Å². The van der Waals surface area contributed by atoms with Gasteiger partial charge in [-0.25, -0.2) is 4.79 Å². The second-order valence-corrected chi connectivity index (χ2v) is 5.93. The summed E-state index contributed by atoms with van der Waals surface area (Å²) in [5.41, 5.74) is 1.31. The van der Waals surface area contributed by atoms with Crippen molar-refractivity contribution in [2.24, 2.45) is 10.9 Å². The number of nitrogens with zero attached hydrogens (tertiary/aromatic N) is 1. The highest BCUT2D eigenvalue weighted by Gasteiger charge is 2.15. The molecule has 1 unspecified atom stereocenters. The van der Waals surface area contributed by atoms with Gasteiger partial charge in [-0.1, -0.05) is 6.92 Å². The van der Waals surface area contributed by atoms with E-state index in [1.165, 1.54) is 6.08 Å². The summed E-state index contributed by atoms with van der Waals surface area (Å²) in [4.78, 5) is 48.3. The molecule has 2 aromatic carbocycles. The molecule has 2 N–H and O–H groups in total. The molecule has 0 fully saturated rings. The molecule has 0 radical (unpaired) electrons. The van der Waals surface area contributed by atoms with Gasteiger partial charge in [0, 0.05) is 11.1 Å². The van der Waals surface area contributed by atoms with Crippen LogP contribution in [-0.4, -0.2) is 42.0 Å². The van der Waals surface area contributed by atoms with Gasteiger partial charge in [-0.15, -0.1) is 0 Å². The Labute approximate surface area is 160 Å². The zero-order valence-corrected chi connectivity index (χ0v) is 15.0. The summed E-state index contributed by atoms with van der Waals surface area (Å²) < 4.78 is 5.51. The van der Waals surface area contributed by atoms with Gasteiger partial charge in [0.2, 0.25) is 12.0 Å². The number of carbonyl (C=O) groups excluding carboxylic acids is 3. The Morgan fingerprint density at radius 3 is 2.18 bits per heavy atom. The lowest BCUT2D eigenvalue weighted by atomic mass is 10.0. The number of benzene rings is 2. The van der Waals surface area contributed by atoms with E-state index in [1.54, 1.807) is 55.5 Å². The predicted molar refractivity (Wildman–Crippen MR) is 99.4 cm³/mol. The van der Waals surface area contributed by atoms with E-state index in [-0.39, 0.29) is 12.4 Å². The summed E-state index contributed by atoms with van der Waals surface area (Å²) in [7, 11) is 0. The molecule has 1 amide bonds. The molecule has 0 aliphatic rings. The van der Waals surface area contributed by atoms with Crippen molar-refractivity contribution in [3.63, 3.8) is 0 Å². The molecule has 8 nitrogen and oxygen atoms in total. The maximum Gasteiger partial charge on any atom is 0.322 e. The Morgan fingerprint density at radius 1 is 1.07 bits per heavy atom. The van der Waals surface area contributed by atoms with Crippen LogP contribution in [0.15, 0.2) is 53.5 Å². The summed E-state index contributed by atoms with van der Waals surface area (Å²) in [5.74, 6) is -1.79.